The molecular formula is C16H17ClN4O3. The largest absolute Gasteiger partial charge is 0.465 e. The number of carbonyl (C=O) groups is 2. The molecule has 1 amide bonds. The summed E-state index contributed by atoms with van der Waals surface area (Å²) in [5, 5.41) is 6.09. The molecule has 8 heteroatoms. The maximum Gasteiger partial charge on any atom is 0.337 e. The van der Waals surface area contributed by atoms with Crippen LogP contribution < -0.4 is 10.6 Å². The van der Waals surface area contributed by atoms with Crippen LogP contribution in [0.2, 0.25) is 5.02 Å². The number of halogens is 1. The number of ether oxygens (including phenoxy) is 1. The monoisotopic (exact) mass is 348 g/mol. The van der Waals surface area contributed by atoms with Gasteiger partial charge in [0.15, 0.2) is 0 Å². The third-order valence-electron chi connectivity index (χ3n) is 3.07. The quantitative estimate of drug-likeness (QED) is 0.780. The highest BCUT2D eigenvalue weighted by atomic mass is 35.5. The van der Waals surface area contributed by atoms with Gasteiger partial charge in [-0.1, -0.05) is 18.5 Å². The average molecular weight is 349 g/mol. The van der Waals surface area contributed by atoms with Gasteiger partial charge in [0, 0.05) is 6.54 Å². The molecule has 0 fully saturated rings. The number of esters is 1. The van der Waals surface area contributed by atoms with Gasteiger partial charge in [0.2, 0.25) is 0 Å². The Hall–Kier alpha value is -2.67. The molecule has 0 aliphatic carbocycles. The Morgan fingerprint density at radius 1 is 1.25 bits per heavy atom. The van der Waals surface area contributed by atoms with Crippen LogP contribution in [-0.2, 0) is 4.74 Å². The fourth-order valence-corrected chi connectivity index (χ4v) is 2.01. The number of carbonyl (C=O) groups excluding carboxylic acids is 2. The van der Waals surface area contributed by atoms with Crippen LogP contribution in [0.4, 0.5) is 11.5 Å². The summed E-state index contributed by atoms with van der Waals surface area (Å²) in [6.07, 6.45) is 3.63. The molecule has 0 bridgehead atoms. The van der Waals surface area contributed by atoms with E-state index in [1.807, 2.05) is 6.92 Å². The van der Waals surface area contributed by atoms with Crippen LogP contribution in [0, 0.1) is 0 Å². The van der Waals surface area contributed by atoms with E-state index < -0.39 is 5.97 Å². The van der Waals surface area contributed by atoms with Crippen molar-refractivity contribution < 1.29 is 14.3 Å². The van der Waals surface area contributed by atoms with Crippen LogP contribution >= 0.6 is 11.6 Å². The summed E-state index contributed by atoms with van der Waals surface area (Å²) in [5.41, 5.74) is 1.06. The van der Waals surface area contributed by atoms with Gasteiger partial charge in [-0.15, -0.1) is 0 Å². The topological polar surface area (TPSA) is 93.2 Å². The molecule has 7 nitrogen and oxygen atoms in total. The first-order valence-electron chi connectivity index (χ1n) is 7.30. The van der Waals surface area contributed by atoms with Gasteiger partial charge < -0.3 is 15.4 Å². The predicted molar refractivity (Wildman–Crippen MR) is 90.7 cm³/mol. The van der Waals surface area contributed by atoms with E-state index >= 15 is 0 Å². The zero-order valence-electron chi connectivity index (χ0n) is 13.3. The van der Waals surface area contributed by atoms with Crippen molar-refractivity contribution in [3.63, 3.8) is 0 Å². The van der Waals surface area contributed by atoms with Gasteiger partial charge in [-0.2, -0.15) is 0 Å². The van der Waals surface area contributed by atoms with Gasteiger partial charge in [-0.25, -0.2) is 14.8 Å². The van der Waals surface area contributed by atoms with Crippen molar-refractivity contribution in [2.45, 2.75) is 13.3 Å². The lowest BCUT2D eigenvalue weighted by atomic mass is 10.2. The molecule has 0 radical (unpaired) electrons. The average Bonchev–Trinajstić information content (AvgIpc) is 2.61. The second-order valence-electron chi connectivity index (χ2n) is 4.85. The Kier molecular flexibility index (Phi) is 6.08. The van der Waals surface area contributed by atoms with Crippen molar-refractivity contribution in [2.75, 3.05) is 19.0 Å². The SMILES string of the molecule is CCCNC(=O)c1cnc(Nc2cc(C(=O)OC)ccc2Cl)cn1. The van der Waals surface area contributed by atoms with Crippen LogP contribution in [0.1, 0.15) is 34.2 Å². The van der Waals surface area contributed by atoms with Crippen LogP contribution in [0.5, 0.6) is 0 Å². The second kappa shape index (κ2) is 8.26. The molecule has 2 aromatic rings. The maximum atomic E-state index is 11.8. The number of benzene rings is 1. The van der Waals surface area contributed by atoms with E-state index in [9.17, 15) is 9.59 Å². The zero-order chi connectivity index (χ0) is 17.5. The van der Waals surface area contributed by atoms with E-state index in [-0.39, 0.29) is 11.6 Å². The van der Waals surface area contributed by atoms with E-state index in [1.165, 1.54) is 19.5 Å². The van der Waals surface area contributed by atoms with Crippen molar-refractivity contribution in [3.05, 3.63) is 46.9 Å². The summed E-state index contributed by atoms with van der Waals surface area (Å²) >= 11 is 6.11. The molecular weight excluding hydrogens is 332 g/mol. The molecule has 0 atom stereocenters. The Morgan fingerprint density at radius 2 is 2.04 bits per heavy atom. The lowest BCUT2D eigenvalue weighted by Gasteiger charge is -2.09. The highest BCUT2D eigenvalue weighted by Crippen LogP contribution is 2.26. The summed E-state index contributed by atoms with van der Waals surface area (Å²) < 4.78 is 4.67. The number of nitrogens with one attached hydrogen (secondary N) is 2. The van der Waals surface area contributed by atoms with Crippen molar-refractivity contribution in [1.82, 2.24) is 15.3 Å². The van der Waals surface area contributed by atoms with Crippen molar-refractivity contribution in [2.24, 2.45) is 0 Å². The minimum Gasteiger partial charge on any atom is -0.465 e. The molecule has 0 saturated heterocycles. The molecule has 24 heavy (non-hydrogen) atoms. The van der Waals surface area contributed by atoms with Gasteiger partial charge in [0.1, 0.15) is 11.5 Å². The van der Waals surface area contributed by atoms with Crippen LogP contribution in [0.25, 0.3) is 0 Å². The molecule has 0 unspecified atom stereocenters. The second-order valence-corrected chi connectivity index (χ2v) is 5.26. The van der Waals surface area contributed by atoms with E-state index in [4.69, 9.17) is 11.6 Å². The van der Waals surface area contributed by atoms with Gasteiger partial charge in [-0.05, 0) is 24.6 Å². The Labute approximate surface area is 144 Å². The molecule has 2 rings (SSSR count). The molecule has 2 N–H and O–H groups in total. The van der Waals surface area contributed by atoms with Gasteiger partial charge in [0.25, 0.3) is 5.91 Å². The Balaban J connectivity index is 2.14. The van der Waals surface area contributed by atoms with Crippen LogP contribution in [-0.4, -0.2) is 35.5 Å². The van der Waals surface area contributed by atoms with Crippen molar-refractivity contribution >= 4 is 35.0 Å². The first-order chi connectivity index (χ1) is 11.5. The molecule has 1 heterocycles. The maximum absolute atomic E-state index is 11.8. The number of hydrogen-bond acceptors (Lipinski definition) is 6. The van der Waals surface area contributed by atoms with E-state index in [1.54, 1.807) is 18.2 Å². The summed E-state index contributed by atoms with van der Waals surface area (Å²) in [5.74, 6) is -0.351. The highest BCUT2D eigenvalue weighted by Gasteiger charge is 2.11. The normalized spacial score (nSPS) is 10.1. The minimum atomic E-state index is -0.469. The Bertz CT molecular complexity index is 735. The van der Waals surface area contributed by atoms with Gasteiger partial charge in [-0.3, -0.25) is 4.79 Å². The van der Waals surface area contributed by atoms with Crippen LogP contribution in [0.3, 0.4) is 0 Å². The number of anilines is 2. The zero-order valence-corrected chi connectivity index (χ0v) is 14.1. The number of methoxy groups -OCH3 is 1. The summed E-state index contributed by atoms with van der Waals surface area (Å²) in [6.45, 7) is 2.54. The fraction of sp³-hybridized carbons (Fsp3) is 0.250. The van der Waals surface area contributed by atoms with Crippen LogP contribution in [0.15, 0.2) is 30.6 Å². The molecule has 126 valence electrons. The minimum absolute atomic E-state index is 0.225. The van der Waals surface area contributed by atoms with Gasteiger partial charge >= 0.3 is 5.97 Å². The smallest absolute Gasteiger partial charge is 0.337 e. The van der Waals surface area contributed by atoms with Crippen molar-refractivity contribution in [1.29, 1.82) is 0 Å². The predicted octanol–water partition coefficient (Wildman–Crippen LogP) is 2.80. The van der Waals surface area contributed by atoms with Gasteiger partial charge in [0.05, 0.1) is 35.8 Å². The van der Waals surface area contributed by atoms with E-state index in [0.717, 1.165) is 6.42 Å². The fourth-order valence-electron chi connectivity index (χ4n) is 1.84. The number of nitrogens with zero attached hydrogens (tertiary/aromatic N) is 2. The number of aromatic nitrogens is 2. The molecule has 1 aromatic carbocycles. The molecule has 0 aliphatic rings. The number of hydrogen-bond donors (Lipinski definition) is 2. The molecule has 0 aliphatic heterocycles. The standard InChI is InChI=1S/C16H17ClN4O3/c1-3-6-18-15(22)13-8-20-14(9-19-13)21-12-7-10(16(23)24-2)4-5-11(12)17/h4-5,7-9H,3,6H2,1-2H3,(H,18,22)(H,20,21). The lowest BCUT2D eigenvalue weighted by molar-refractivity contribution is 0.0600. The number of rotatable bonds is 6. The third kappa shape index (κ3) is 4.42. The summed E-state index contributed by atoms with van der Waals surface area (Å²) in [4.78, 5) is 31.5. The Morgan fingerprint density at radius 3 is 2.67 bits per heavy atom. The lowest BCUT2D eigenvalue weighted by Crippen LogP contribution is -2.25. The first kappa shape index (κ1) is 17.7. The first-order valence-corrected chi connectivity index (χ1v) is 7.68. The molecule has 0 saturated carbocycles. The molecule has 1 aromatic heterocycles. The third-order valence-corrected chi connectivity index (χ3v) is 3.40. The van der Waals surface area contributed by atoms with Crippen molar-refractivity contribution in [3.8, 4) is 0 Å². The van der Waals surface area contributed by atoms with E-state index in [2.05, 4.69) is 25.3 Å². The molecule has 0 spiro atoms. The highest BCUT2D eigenvalue weighted by molar-refractivity contribution is 6.33. The summed E-state index contributed by atoms with van der Waals surface area (Å²) in [6, 6.07) is 4.69. The number of amides is 1. The van der Waals surface area contributed by atoms with E-state index in [0.29, 0.717) is 28.6 Å². The summed E-state index contributed by atoms with van der Waals surface area (Å²) in [7, 11) is 1.30.